The first-order valence-corrected chi connectivity index (χ1v) is 7.35. The number of carbonyl (C=O) groups is 1. The van der Waals surface area contributed by atoms with Crippen LogP contribution in [0.5, 0.6) is 5.75 Å². The van der Waals surface area contributed by atoms with Crippen LogP contribution >= 0.6 is 22.6 Å². The normalized spacial score (nSPS) is 10.2. The maximum Gasteiger partial charge on any atom is 0.338 e. The maximum absolute atomic E-state index is 12.0. The summed E-state index contributed by atoms with van der Waals surface area (Å²) < 4.78 is 11.4. The molecule has 0 saturated heterocycles. The first-order valence-electron chi connectivity index (χ1n) is 6.27. The van der Waals surface area contributed by atoms with Gasteiger partial charge in [0.2, 0.25) is 0 Å². The summed E-state index contributed by atoms with van der Waals surface area (Å²) in [5.74, 6) is 0.525. The monoisotopic (exact) mass is 382 g/mol. The molecule has 0 saturated carbocycles. The molecule has 0 amide bonds. The minimum Gasteiger partial charge on any atom is -0.496 e. The zero-order valence-electron chi connectivity index (χ0n) is 11.4. The lowest BCUT2D eigenvalue weighted by molar-refractivity contribution is 0.0527. The Morgan fingerprint density at radius 3 is 2.60 bits per heavy atom. The third-order valence-electron chi connectivity index (χ3n) is 2.89. The average molecular weight is 382 g/mol. The molecule has 0 N–H and O–H groups in total. The van der Waals surface area contributed by atoms with Gasteiger partial charge >= 0.3 is 5.97 Å². The van der Waals surface area contributed by atoms with Gasteiger partial charge in [0.15, 0.2) is 0 Å². The Balaban J connectivity index is 2.47. The van der Waals surface area contributed by atoms with Crippen molar-refractivity contribution in [2.45, 2.75) is 6.92 Å². The molecular weight excluding hydrogens is 367 g/mol. The first-order chi connectivity index (χ1) is 9.67. The van der Waals surface area contributed by atoms with Crippen LogP contribution in [0.3, 0.4) is 0 Å². The number of ether oxygens (including phenoxy) is 2. The van der Waals surface area contributed by atoms with Crippen molar-refractivity contribution in [2.75, 3.05) is 13.7 Å². The van der Waals surface area contributed by atoms with Crippen molar-refractivity contribution in [2.24, 2.45) is 0 Å². The second kappa shape index (κ2) is 6.74. The number of carbonyl (C=O) groups excluding carboxylic acids is 1. The Hall–Kier alpha value is -1.56. The van der Waals surface area contributed by atoms with Gasteiger partial charge in [-0.1, -0.05) is 24.3 Å². The van der Waals surface area contributed by atoms with Crippen molar-refractivity contribution < 1.29 is 14.3 Å². The molecule has 0 unspecified atom stereocenters. The molecule has 0 radical (unpaired) electrons. The summed E-state index contributed by atoms with van der Waals surface area (Å²) in [7, 11) is 1.64. The highest BCUT2D eigenvalue weighted by Crippen LogP contribution is 2.30. The largest absolute Gasteiger partial charge is 0.496 e. The highest BCUT2D eigenvalue weighted by Gasteiger charge is 2.14. The molecule has 104 valence electrons. The van der Waals surface area contributed by atoms with Crippen LogP contribution in [0.4, 0.5) is 0 Å². The molecule has 2 aromatic rings. The molecule has 0 aromatic heterocycles. The van der Waals surface area contributed by atoms with Gasteiger partial charge in [-0.25, -0.2) is 4.79 Å². The number of rotatable bonds is 4. The molecule has 0 atom stereocenters. The predicted molar refractivity (Wildman–Crippen MR) is 87.1 cm³/mol. The molecule has 0 bridgehead atoms. The lowest BCUT2D eigenvalue weighted by Crippen LogP contribution is -2.06. The lowest BCUT2D eigenvalue weighted by atomic mass is 10.00. The molecule has 0 fully saturated rings. The van der Waals surface area contributed by atoms with Crippen LogP contribution in [0.25, 0.3) is 11.1 Å². The van der Waals surface area contributed by atoms with E-state index >= 15 is 0 Å². The van der Waals surface area contributed by atoms with E-state index in [0.717, 1.165) is 20.4 Å². The summed E-state index contributed by atoms with van der Waals surface area (Å²) in [4.78, 5) is 12.0. The first kappa shape index (κ1) is 14.8. The smallest absolute Gasteiger partial charge is 0.338 e. The van der Waals surface area contributed by atoms with Crippen LogP contribution < -0.4 is 4.74 Å². The van der Waals surface area contributed by atoms with Gasteiger partial charge in [-0.15, -0.1) is 0 Å². The van der Waals surface area contributed by atoms with E-state index in [2.05, 4.69) is 22.6 Å². The summed E-state index contributed by atoms with van der Waals surface area (Å²) >= 11 is 2.22. The van der Waals surface area contributed by atoms with E-state index in [9.17, 15) is 4.79 Å². The highest BCUT2D eigenvalue weighted by molar-refractivity contribution is 14.1. The molecule has 4 heteroatoms. The zero-order chi connectivity index (χ0) is 14.5. The average Bonchev–Trinajstić information content (AvgIpc) is 2.47. The molecule has 0 aliphatic rings. The van der Waals surface area contributed by atoms with Crippen molar-refractivity contribution >= 4 is 28.6 Å². The Kier molecular flexibility index (Phi) is 5.00. The molecule has 2 aromatic carbocycles. The number of benzene rings is 2. The van der Waals surface area contributed by atoms with Gasteiger partial charge in [-0.2, -0.15) is 0 Å². The number of halogens is 1. The van der Waals surface area contributed by atoms with Crippen LogP contribution in [0.15, 0.2) is 42.5 Å². The SMILES string of the molecule is CCOC(=O)c1ccccc1-c1ccc(OC)c(I)c1. The van der Waals surface area contributed by atoms with Crippen LogP contribution in [-0.2, 0) is 4.74 Å². The van der Waals surface area contributed by atoms with Crippen molar-refractivity contribution in [3.05, 3.63) is 51.6 Å². The van der Waals surface area contributed by atoms with E-state index in [1.165, 1.54) is 0 Å². The molecule has 0 spiro atoms. The van der Waals surface area contributed by atoms with Gasteiger partial charge in [-0.05, 0) is 58.8 Å². The van der Waals surface area contributed by atoms with Gasteiger partial charge in [-0.3, -0.25) is 0 Å². The molecule has 3 nitrogen and oxygen atoms in total. The molecule has 0 aliphatic carbocycles. The summed E-state index contributed by atoms with van der Waals surface area (Å²) in [5, 5.41) is 0. The quantitative estimate of drug-likeness (QED) is 0.589. The standard InChI is InChI=1S/C16H15IO3/c1-3-20-16(18)13-7-5-4-6-12(13)11-8-9-15(19-2)14(17)10-11/h4-10H,3H2,1-2H3. The van der Waals surface area contributed by atoms with E-state index in [0.29, 0.717) is 12.2 Å². The summed E-state index contributed by atoms with van der Waals surface area (Å²) in [6.45, 7) is 2.17. The Bertz CT molecular complexity index is 623. The fourth-order valence-corrected chi connectivity index (χ4v) is 2.69. The topological polar surface area (TPSA) is 35.5 Å². The maximum atomic E-state index is 12.0. The van der Waals surface area contributed by atoms with Crippen LogP contribution in [-0.4, -0.2) is 19.7 Å². The Labute approximate surface area is 132 Å². The fraction of sp³-hybridized carbons (Fsp3) is 0.188. The Morgan fingerprint density at radius 1 is 1.20 bits per heavy atom. The molecule has 0 heterocycles. The third kappa shape index (κ3) is 3.12. The minimum atomic E-state index is -0.297. The number of hydrogen-bond acceptors (Lipinski definition) is 3. The molecule has 20 heavy (non-hydrogen) atoms. The van der Waals surface area contributed by atoms with Crippen LogP contribution in [0, 0.1) is 3.57 Å². The number of hydrogen-bond donors (Lipinski definition) is 0. The van der Waals surface area contributed by atoms with E-state index < -0.39 is 0 Å². The third-order valence-corrected chi connectivity index (χ3v) is 3.73. The van der Waals surface area contributed by atoms with E-state index in [1.807, 2.05) is 36.4 Å². The van der Waals surface area contributed by atoms with Gasteiger partial charge in [0, 0.05) is 0 Å². The summed E-state index contributed by atoms with van der Waals surface area (Å²) in [5.41, 5.74) is 2.42. The van der Waals surface area contributed by atoms with Gasteiger partial charge < -0.3 is 9.47 Å². The molecular formula is C16H15IO3. The minimum absolute atomic E-state index is 0.297. The highest BCUT2D eigenvalue weighted by atomic mass is 127. The second-order valence-electron chi connectivity index (χ2n) is 4.12. The van der Waals surface area contributed by atoms with Crippen LogP contribution in [0.1, 0.15) is 17.3 Å². The Morgan fingerprint density at radius 2 is 1.95 bits per heavy atom. The van der Waals surface area contributed by atoms with Gasteiger partial charge in [0.1, 0.15) is 5.75 Å². The van der Waals surface area contributed by atoms with Crippen LogP contribution in [0.2, 0.25) is 0 Å². The molecule has 2 rings (SSSR count). The van der Waals surface area contributed by atoms with E-state index in [1.54, 1.807) is 20.1 Å². The van der Waals surface area contributed by atoms with Crippen molar-refractivity contribution in [3.63, 3.8) is 0 Å². The van der Waals surface area contributed by atoms with E-state index in [4.69, 9.17) is 9.47 Å². The van der Waals surface area contributed by atoms with Crippen molar-refractivity contribution in [3.8, 4) is 16.9 Å². The second-order valence-corrected chi connectivity index (χ2v) is 5.28. The lowest BCUT2D eigenvalue weighted by Gasteiger charge is -2.10. The summed E-state index contributed by atoms with van der Waals surface area (Å²) in [6, 6.07) is 13.3. The van der Waals surface area contributed by atoms with Gasteiger partial charge in [0.05, 0.1) is 22.9 Å². The number of esters is 1. The fourth-order valence-electron chi connectivity index (χ4n) is 1.96. The molecule has 0 aliphatic heterocycles. The van der Waals surface area contributed by atoms with E-state index in [-0.39, 0.29) is 5.97 Å². The van der Waals surface area contributed by atoms with Crippen molar-refractivity contribution in [1.82, 2.24) is 0 Å². The number of methoxy groups -OCH3 is 1. The van der Waals surface area contributed by atoms with Gasteiger partial charge in [0.25, 0.3) is 0 Å². The zero-order valence-corrected chi connectivity index (χ0v) is 13.5. The van der Waals surface area contributed by atoms with Crippen molar-refractivity contribution in [1.29, 1.82) is 0 Å². The summed E-state index contributed by atoms with van der Waals surface area (Å²) in [6.07, 6.45) is 0. The predicted octanol–water partition coefficient (Wildman–Crippen LogP) is 4.14.